The molecule has 0 saturated carbocycles. The van der Waals surface area contributed by atoms with Gasteiger partial charge in [0, 0.05) is 25.9 Å². The molecule has 0 unspecified atom stereocenters. The van der Waals surface area contributed by atoms with E-state index in [0.717, 1.165) is 0 Å². The van der Waals surface area contributed by atoms with Crippen molar-refractivity contribution in [1.29, 1.82) is 0 Å². The molecule has 2 aromatic carbocycles. The van der Waals surface area contributed by atoms with Gasteiger partial charge in [-0.2, -0.15) is 0 Å². The molecule has 1 aromatic heterocycles. The molecule has 0 atom stereocenters. The molecule has 2 N–H and O–H groups in total. The van der Waals surface area contributed by atoms with Gasteiger partial charge in [0.1, 0.15) is 12.4 Å². The SMILES string of the molecule is COCCOc1ccc(S(=O)(=O)NNC(=O)c2cc(-c3cn(C)cn3)cc(Cl)c2F)cc1. The zero-order valence-electron chi connectivity index (χ0n) is 17.1. The quantitative estimate of drug-likeness (QED) is 0.358. The van der Waals surface area contributed by atoms with Crippen molar-refractivity contribution < 1.29 is 27.1 Å². The fourth-order valence-corrected chi connectivity index (χ4v) is 3.72. The van der Waals surface area contributed by atoms with Crippen molar-refractivity contribution in [3.8, 4) is 17.0 Å². The number of benzene rings is 2. The molecule has 0 spiro atoms. The molecule has 170 valence electrons. The van der Waals surface area contributed by atoms with Crippen molar-refractivity contribution >= 4 is 27.5 Å². The Kier molecular flexibility index (Phi) is 7.46. The number of carbonyl (C=O) groups excluding carboxylic acids is 1. The van der Waals surface area contributed by atoms with E-state index in [9.17, 15) is 17.6 Å². The van der Waals surface area contributed by atoms with Crippen LogP contribution in [0.25, 0.3) is 11.3 Å². The van der Waals surface area contributed by atoms with Crippen molar-refractivity contribution in [2.24, 2.45) is 7.05 Å². The average Bonchev–Trinajstić information content (AvgIpc) is 3.21. The molecule has 1 amide bonds. The lowest BCUT2D eigenvalue weighted by Crippen LogP contribution is -2.41. The van der Waals surface area contributed by atoms with Gasteiger partial charge in [0.2, 0.25) is 0 Å². The number of aryl methyl sites for hydroxylation is 1. The van der Waals surface area contributed by atoms with Crippen LogP contribution in [0.15, 0.2) is 53.8 Å². The van der Waals surface area contributed by atoms with E-state index in [1.165, 1.54) is 49.8 Å². The molecule has 0 aliphatic heterocycles. The van der Waals surface area contributed by atoms with Crippen molar-refractivity contribution in [2.45, 2.75) is 4.90 Å². The van der Waals surface area contributed by atoms with Gasteiger partial charge >= 0.3 is 0 Å². The third-order valence-electron chi connectivity index (χ3n) is 4.26. The number of rotatable bonds is 9. The Morgan fingerprint density at radius 2 is 1.94 bits per heavy atom. The Balaban J connectivity index is 1.72. The molecule has 1 heterocycles. The van der Waals surface area contributed by atoms with E-state index in [1.54, 1.807) is 17.8 Å². The van der Waals surface area contributed by atoms with Crippen LogP contribution in [0.1, 0.15) is 10.4 Å². The number of hydrogen-bond acceptors (Lipinski definition) is 6. The second kappa shape index (κ2) is 10.1. The lowest BCUT2D eigenvalue weighted by atomic mass is 10.1. The highest BCUT2D eigenvalue weighted by Gasteiger charge is 2.20. The van der Waals surface area contributed by atoms with Gasteiger partial charge in [0.05, 0.1) is 34.1 Å². The molecule has 0 bridgehead atoms. The number of nitrogens with zero attached hydrogens (tertiary/aromatic N) is 2. The van der Waals surface area contributed by atoms with E-state index < -0.39 is 27.3 Å². The van der Waals surface area contributed by atoms with Gasteiger partial charge in [-0.25, -0.2) is 17.8 Å². The number of carbonyl (C=O) groups is 1. The maximum atomic E-state index is 14.4. The second-order valence-electron chi connectivity index (χ2n) is 6.62. The Morgan fingerprint density at radius 1 is 1.22 bits per heavy atom. The van der Waals surface area contributed by atoms with Crippen molar-refractivity contribution in [3.05, 3.63) is 65.3 Å². The average molecular weight is 483 g/mol. The van der Waals surface area contributed by atoms with Crippen LogP contribution in [-0.4, -0.2) is 44.2 Å². The van der Waals surface area contributed by atoms with Crippen LogP contribution in [0.3, 0.4) is 0 Å². The number of imidazole rings is 1. The molecule has 0 saturated heterocycles. The van der Waals surface area contributed by atoms with Gasteiger partial charge in [-0.05, 0) is 36.4 Å². The largest absolute Gasteiger partial charge is 0.491 e. The zero-order chi connectivity index (χ0) is 23.3. The zero-order valence-corrected chi connectivity index (χ0v) is 18.7. The highest BCUT2D eigenvalue weighted by atomic mass is 35.5. The molecular weight excluding hydrogens is 463 g/mol. The number of halogens is 2. The van der Waals surface area contributed by atoms with E-state index in [4.69, 9.17) is 21.1 Å². The van der Waals surface area contributed by atoms with E-state index in [-0.39, 0.29) is 9.92 Å². The van der Waals surface area contributed by atoms with E-state index in [0.29, 0.717) is 30.2 Å². The summed E-state index contributed by atoms with van der Waals surface area (Å²) in [7, 11) is -0.833. The van der Waals surface area contributed by atoms with Crippen molar-refractivity contribution in [1.82, 2.24) is 19.8 Å². The topological polar surface area (TPSA) is 112 Å². The number of aromatic nitrogens is 2. The van der Waals surface area contributed by atoms with Gasteiger partial charge in [0.15, 0.2) is 5.82 Å². The predicted molar refractivity (Wildman–Crippen MR) is 115 cm³/mol. The summed E-state index contributed by atoms with van der Waals surface area (Å²) in [6.07, 6.45) is 3.20. The predicted octanol–water partition coefficient (Wildman–Crippen LogP) is 2.53. The summed E-state index contributed by atoms with van der Waals surface area (Å²) in [5, 5.41) is -0.301. The van der Waals surface area contributed by atoms with Gasteiger partial charge in [0.25, 0.3) is 15.9 Å². The Morgan fingerprint density at radius 3 is 2.56 bits per heavy atom. The fraction of sp³-hybridized carbons (Fsp3) is 0.200. The van der Waals surface area contributed by atoms with E-state index in [2.05, 4.69) is 4.98 Å². The van der Waals surface area contributed by atoms with Crippen LogP contribution in [-0.2, 0) is 21.8 Å². The fourth-order valence-electron chi connectivity index (χ4n) is 2.66. The second-order valence-corrected chi connectivity index (χ2v) is 8.71. The van der Waals surface area contributed by atoms with Crippen LogP contribution in [0, 0.1) is 5.82 Å². The maximum Gasteiger partial charge on any atom is 0.269 e. The first-order valence-corrected chi connectivity index (χ1v) is 11.1. The van der Waals surface area contributed by atoms with E-state index >= 15 is 0 Å². The highest BCUT2D eigenvalue weighted by molar-refractivity contribution is 7.89. The molecule has 0 fully saturated rings. The summed E-state index contributed by atoms with van der Waals surface area (Å²) in [6, 6.07) is 8.09. The summed E-state index contributed by atoms with van der Waals surface area (Å²) in [4.78, 5) is 18.4. The molecule has 9 nitrogen and oxygen atoms in total. The highest BCUT2D eigenvalue weighted by Crippen LogP contribution is 2.27. The number of sulfonamides is 1. The minimum atomic E-state index is -4.12. The first-order chi connectivity index (χ1) is 15.2. The molecule has 0 aliphatic carbocycles. The van der Waals surface area contributed by atoms with Gasteiger partial charge in [-0.3, -0.25) is 10.2 Å². The number of hydrogen-bond donors (Lipinski definition) is 2. The van der Waals surface area contributed by atoms with Crippen LogP contribution >= 0.6 is 11.6 Å². The molecular formula is C20H20ClFN4O5S. The first kappa shape index (κ1) is 23.7. The summed E-state index contributed by atoms with van der Waals surface area (Å²) in [5.41, 5.74) is 2.42. The van der Waals surface area contributed by atoms with E-state index in [1.807, 2.05) is 10.3 Å². The standard InChI is InChI=1S/C20H20ClFN4O5S/c1-26-11-18(23-12-26)13-9-16(19(22)17(21)10-13)20(27)24-25-32(28,29)15-5-3-14(4-6-15)31-8-7-30-2/h3-6,9-12,25H,7-8H2,1-2H3,(H,24,27). The smallest absolute Gasteiger partial charge is 0.269 e. The van der Waals surface area contributed by atoms with Crippen LogP contribution in [0.4, 0.5) is 4.39 Å². The Bertz CT molecular complexity index is 1220. The lowest BCUT2D eigenvalue weighted by Gasteiger charge is -2.11. The maximum absolute atomic E-state index is 14.4. The summed E-state index contributed by atoms with van der Waals surface area (Å²) >= 11 is 5.92. The molecule has 3 rings (SSSR count). The normalized spacial score (nSPS) is 11.4. The number of nitrogens with one attached hydrogen (secondary N) is 2. The molecule has 12 heteroatoms. The van der Waals surface area contributed by atoms with Gasteiger partial charge in [-0.1, -0.05) is 11.6 Å². The van der Waals surface area contributed by atoms with Crippen LogP contribution in [0.5, 0.6) is 5.75 Å². The summed E-state index contributed by atoms with van der Waals surface area (Å²) in [6.45, 7) is 0.693. The Hall–Kier alpha value is -2.99. The van der Waals surface area contributed by atoms with Crippen LogP contribution in [0.2, 0.25) is 5.02 Å². The number of amides is 1. The number of methoxy groups -OCH3 is 1. The Labute approximate surface area is 189 Å². The minimum absolute atomic E-state index is 0.127. The summed E-state index contributed by atoms with van der Waals surface area (Å²) in [5.74, 6) is -1.56. The molecule has 0 aliphatic rings. The van der Waals surface area contributed by atoms with Crippen LogP contribution < -0.4 is 15.0 Å². The molecule has 0 radical (unpaired) electrons. The number of ether oxygens (including phenoxy) is 2. The third kappa shape index (κ3) is 5.62. The van der Waals surface area contributed by atoms with Crippen molar-refractivity contribution in [3.63, 3.8) is 0 Å². The summed E-state index contributed by atoms with van der Waals surface area (Å²) < 4.78 is 51.3. The third-order valence-corrected chi connectivity index (χ3v) is 5.80. The van der Waals surface area contributed by atoms with Crippen molar-refractivity contribution in [2.75, 3.05) is 20.3 Å². The minimum Gasteiger partial charge on any atom is -0.491 e. The molecule has 32 heavy (non-hydrogen) atoms. The molecule has 3 aromatic rings. The monoisotopic (exact) mass is 482 g/mol. The van der Waals surface area contributed by atoms with Gasteiger partial charge < -0.3 is 14.0 Å². The lowest BCUT2D eigenvalue weighted by molar-refractivity contribution is 0.0941. The van der Waals surface area contributed by atoms with Gasteiger partial charge in [-0.15, -0.1) is 4.83 Å². The first-order valence-electron chi connectivity index (χ1n) is 9.22. The number of hydrazine groups is 1.